The topological polar surface area (TPSA) is 99.6 Å². The van der Waals surface area contributed by atoms with E-state index in [-0.39, 0.29) is 48.8 Å². The Bertz CT molecular complexity index is 1470. The number of carbonyl (C=O) groups excluding carboxylic acids is 3. The molecule has 246 valence electrons. The van der Waals surface area contributed by atoms with E-state index in [4.69, 9.17) is 21.1 Å². The summed E-state index contributed by atoms with van der Waals surface area (Å²) in [6, 6.07) is 11.6. The summed E-state index contributed by atoms with van der Waals surface area (Å²) in [5.74, 6) is -1.95. The van der Waals surface area contributed by atoms with Gasteiger partial charge in [-0.1, -0.05) is 51.8 Å². The van der Waals surface area contributed by atoms with Crippen LogP contribution in [0.15, 0.2) is 67.8 Å². The van der Waals surface area contributed by atoms with Gasteiger partial charge in [-0.3, -0.25) is 14.4 Å². The van der Waals surface area contributed by atoms with Crippen molar-refractivity contribution in [1.82, 2.24) is 4.90 Å². The number of ether oxygens (including phenoxy) is 2. The number of hydrogen-bond donors (Lipinski definition) is 1. The predicted octanol–water partition coefficient (Wildman–Crippen LogP) is 5.31. The zero-order valence-corrected chi connectivity index (χ0v) is 28.6. The smallest absolute Gasteiger partial charge is 0.253 e. The van der Waals surface area contributed by atoms with Crippen LogP contribution in [0.2, 0.25) is 5.02 Å². The Labute approximate surface area is 283 Å². The number of likely N-dealkylation sites (tertiary alicyclic amines) is 1. The largest absolute Gasteiger partial charge is 0.494 e. The van der Waals surface area contributed by atoms with Gasteiger partial charge < -0.3 is 29.3 Å². The van der Waals surface area contributed by atoms with Gasteiger partial charge in [-0.05, 0) is 69.0 Å². The highest BCUT2D eigenvalue weighted by atomic mass is 79.9. The summed E-state index contributed by atoms with van der Waals surface area (Å²) >= 11 is 10.4. The Kier molecular flexibility index (Phi) is 10.6. The number of fused-ring (bicyclic) bond motifs is 1. The molecule has 0 radical (unpaired) electrons. The quantitative estimate of drug-likeness (QED) is 0.162. The summed E-state index contributed by atoms with van der Waals surface area (Å²) < 4.78 is 12.3. The van der Waals surface area contributed by atoms with Crippen LogP contribution >= 0.6 is 27.5 Å². The average Bonchev–Trinajstić information content (AvgIpc) is 3.62. The minimum atomic E-state index is -1.25. The summed E-state index contributed by atoms with van der Waals surface area (Å²) in [7, 11) is 0. The molecular formula is C35H41BrClN3O6. The molecular weight excluding hydrogens is 674 g/mol. The second-order valence-corrected chi connectivity index (χ2v) is 13.5. The molecule has 3 saturated heterocycles. The Morgan fingerprint density at radius 3 is 2.46 bits per heavy atom. The zero-order chi connectivity index (χ0) is 33.2. The molecule has 46 heavy (non-hydrogen) atoms. The van der Waals surface area contributed by atoms with Crippen LogP contribution in [0.4, 0.5) is 11.4 Å². The standard InChI is InChI=1S/C35H41BrClN3O6/c1-5-17-38(23-13-15-24(16-14-23)45-7-3)32(42)27-28-33(43)40(19-8-9-20-41)31(35(28)21-25(36)30(27)46-35)34(44)39(18-6-2)29-22(4)11-10-12-26(29)37/h5-6,10-16,25,27-28,30-31,41H,1-2,7-9,17-21H2,3-4H3/t25?,27-,28-,30-,31?,35?/m0/s1. The fourth-order valence-corrected chi connectivity index (χ4v) is 8.65. The van der Waals surface area contributed by atoms with Crippen LogP contribution in [-0.2, 0) is 19.1 Å². The Hall–Kier alpha value is -3.18. The number of aliphatic hydroxyl groups excluding tert-OH is 1. The molecule has 3 fully saturated rings. The molecule has 9 nitrogen and oxygen atoms in total. The number of unbranched alkanes of at least 4 members (excludes halogenated alkanes) is 1. The molecule has 2 aromatic rings. The first-order valence-corrected chi connectivity index (χ1v) is 17.0. The fraction of sp³-hybridized carbons (Fsp3) is 0.457. The van der Waals surface area contributed by atoms with E-state index < -0.39 is 29.6 Å². The van der Waals surface area contributed by atoms with Crippen LogP contribution in [0.25, 0.3) is 0 Å². The molecule has 3 unspecified atom stereocenters. The van der Waals surface area contributed by atoms with E-state index in [1.165, 1.54) is 0 Å². The maximum absolute atomic E-state index is 14.8. The van der Waals surface area contributed by atoms with Crippen LogP contribution in [0.1, 0.15) is 31.7 Å². The molecule has 2 aromatic carbocycles. The maximum Gasteiger partial charge on any atom is 0.253 e. The van der Waals surface area contributed by atoms with Crippen LogP contribution in [0.5, 0.6) is 5.75 Å². The van der Waals surface area contributed by atoms with E-state index in [1.807, 2.05) is 38.1 Å². The Morgan fingerprint density at radius 2 is 1.83 bits per heavy atom. The molecule has 1 spiro atoms. The number of carbonyl (C=O) groups is 3. The molecule has 0 saturated carbocycles. The van der Waals surface area contributed by atoms with Gasteiger partial charge in [0.05, 0.1) is 35.3 Å². The predicted molar refractivity (Wildman–Crippen MR) is 183 cm³/mol. The van der Waals surface area contributed by atoms with E-state index in [0.29, 0.717) is 48.0 Å². The zero-order valence-electron chi connectivity index (χ0n) is 26.2. The molecule has 3 aliphatic heterocycles. The summed E-state index contributed by atoms with van der Waals surface area (Å²) in [6.07, 6.45) is 3.96. The first kappa shape index (κ1) is 34.2. The van der Waals surface area contributed by atoms with Gasteiger partial charge in [0.2, 0.25) is 11.8 Å². The van der Waals surface area contributed by atoms with E-state index in [9.17, 15) is 19.5 Å². The number of para-hydroxylation sites is 1. The van der Waals surface area contributed by atoms with Gasteiger partial charge in [-0.2, -0.15) is 0 Å². The lowest BCUT2D eigenvalue weighted by Crippen LogP contribution is -2.57. The van der Waals surface area contributed by atoms with Crippen LogP contribution in [-0.4, -0.2) is 83.2 Å². The Balaban J connectivity index is 1.57. The van der Waals surface area contributed by atoms with Crippen LogP contribution < -0.4 is 14.5 Å². The SMILES string of the molecule is C=CCN(C(=O)[C@H]1[C@H]2C(=O)N(CCCCO)C(C(=O)N(CC=C)c3c(C)cccc3Cl)C23CC(Br)[C@@H]1O3)c1ccc(OCC)cc1. The lowest BCUT2D eigenvalue weighted by Gasteiger charge is -2.38. The van der Waals surface area contributed by atoms with Crippen molar-refractivity contribution in [3.05, 3.63) is 78.4 Å². The van der Waals surface area contributed by atoms with Crippen molar-refractivity contribution in [3.8, 4) is 5.75 Å². The highest BCUT2D eigenvalue weighted by Gasteiger charge is 2.77. The second-order valence-electron chi connectivity index (χ2n) is 11.9. The highest BCUT2D eigenvalue weighted by molar-refractivity contribution is 9.09. The summed E-state index contributed by atoms with van der Waals surface area (Å²) in [4.78, 5) is 48.4. The van der Waals surface area contributed by atoms with Gasteiger partial charge in [0.1, 0.15) is 17.4 Å². The van der Waals surface area contributed by atoms with Crippen LogP contribution in [0.3, 0.4) is 0 Å². The molecule has 2 bridgehead atoms. The minimum Gasteiger partial charge on any atom is -0.494 e. The van der Waals surface area contributed by atoms with Gasteiger partial charge in [-0.25, -0.2) is 0 Å². The number of rotatable bonds is 14. The van der Waals surface area contributed by atoms with Crippen molar-refractivity contribution < 1.29 is 29.0 Å². The van der Waals surface area contributed by atoms with E-state index in [0.717, 1.165) is 5.56 Å². The van der Waals surface area contributed by atoms with Crippen molar-refractivity contribution in [2.45, 2.75) is 55.7 Å². The summed E-state index contributed by atoms with van der Waals surface area (Å²) in [6.45, 7) is 12.6. The molecule has 3 heterocycles. The third-order valence-electron chi connectivity index (χ3n) is 9.19. The Morgan fingerprint density at radius 1 is 1.13 bits per heavy atom. The van der Waals surface area contributed by atoms with Gasteiger partial charge in [0.15, 0.2) is 0 Å². The first-order valence-electron chi connectivity index (χ1n) is 15.7. The molecule has 0 aromatic heterocycles. The fourth-order valence-electron chi connectivity index (χ4n) is 7.38. The average molecular weight is 715 g/mol. The third kappa shape index (κ3) is 5.89. The molecule has 3 amide bonds. The number of alkyl halides is 1. The number of aryl methyl sites for hydroxylation is 1. The number of anilines is 2. The molecule has 11 heteroatoms. The molecule has 5 rings (SSSR count). The molecule has 3 aliphatic rings. The number of hydrogen-bond acceptors (Lipinski definition) is 6. The molecule has 0 aliphatic carbocycles. The van der Waals surface area contributed by atoms with Gasteiger partial charge in [0.25, 0.3) is 5.91 Å². The van der Waals surface area contributed by atoms with Crippen molar-refractivity contribution in [3.63, 3.8) is 0 Å². The first-order chi connectivity index (χ1) is 22.1. The van der Waals surface area contributed by atoms with Gasteiger partial charge >= 0.3 is 0 Å². The van der Waals surface area contributed by atoms with Crippen LogP contribution in [0, 0.1) is 18.8 Å². The van der Waals surface area contributed by atoms with Crippen molar-refractivity contribution >= 4 is 56.6 Å². The third-order valence-corrected chi connectivity index (χ3v) is 10.3. The number of halogens is 2. The second kappa shape index (κ2) is 14.3. The van der Waals surface area contributed by atoms with Crippen molar-refractivity contribution in [2.75, 3.05) is 42.6 Å². The van der Waals surface area contributed by atoms with Gasteiger partial charge in [0, 0.05) is 36.8 Å². The minimum absolute atomic E-state index is 0.0433. The number of amides is 3. The van der Waals surface area contributed by atoms with E-state index in [2.05, 4.69) is 29.1 Å². The number of aliphatic hydroxyl groups is 1. The van der Waals surface area contributed by atoms with E-state index >= 15 is 0 Å². The van der Waals surface area contributed by atoms with Crippen molar-refractivity contribution in [1.29, 1.82) is 0 Å². The number of nitrogens with zero attached hydrogens (tertiary/aromatic N) is 3. The molecule has 6 atom stereocenters. The monoisotopic (exact) mass is 713 g/mol. The lowest BCUT2D eigenvalue weighted by molar-refractivity contribution is -0.140. The van der Waals surface area contributed by atoms with Gasteiger partial charge in [-0.15, -0.1) is 13.2 Å². The summed E-state index contributed by atoms with van der Waals surface area (Å²) in [5.41, 5.74) is 0.728. The van der Waals surface area contributed by atoms with E-state index in [1.54, 1.807) is 45.1 Å². The lowest BCUT2D eigenvalue weighted by atomic mass is 9.70. The normalized spacial score (nSPS) is 26.2. The highest BCUT2D eigenvalue weighted by Crippen LogP contribution is 2.60. The summed E-state index contributed by atoms with van der Waals surface area (Å²) in [5, 5.41) is 9.93. The number of benzene rings is 2. The van der Waals surface area contributed by atoms with Crippen molar-refractivity contribution in [2.24, 2.45) is 11.8 Å². The molecule has 1 N–H and O–H groups in total. The maximum atomic E-state index is 14.8.